The van der Waals surface area contributed by atoms with Crippen LogP contribution < -0.4 is 5.73 Å². The molecule has 2 N–H and O–H groups in total. The monoisotopic (exact) mass is 253 g/mol. The van der Waals surface area contributed by atoms with Gasteiger partial charge in [0, 0.05) is 10.6 Å². The molecule has 0 bridgehead atoms. The molecule has 1 aliphatic carbocycles. The third kappa shape index (κ3) is 3.98. The highest BCUT2D eigenvalue weighted by Gasteiger charge is 2.27. The normalized spacial score (nSPS) is 19.2. The van der Waals surface area contributed by atoms with Gasteiger partial charge in [0.25, 0.3) is 0 Å². The van der Waals surface area contributed by atoms with Gasteiger partial charge in [-0.05, 0) is 30.5 Å². The molecule has 17 heavy (non-hydrogen) atoms. The van der Waals surface area contributed by atoms with Gasteiger partial charge < -0.3 is 10.5 Å². The smallest absolute Gasteiger partial charge is 0.0717 e. The first-order chi connectivity index (χ1) is 8.18. The zero-order valence-electron chi connectivity index (χ0n) is 10.1. The molecular formula is C14H20ClNO. The van der Waals surface area contributed by atoms with Crippen molar-refractivity contribution in [2.45, 2.75) is 44.2 Å². The molecule has 0 aliphatic heterocycles. The van der Waals surface area contributed by atoms with E-state index in [1.807, 2.05) is 24.3 Å². The van der Waals surface area contributed by atoms with Crippen molar-refractivity contribution in [1.29, 1.82) is 0 Å². The van der Waals surface area contributed by atoms with Crippen molar-refractivity contribution in [2.75, 3.05) is 6.61 Å². The quantitative estimate of drug-likeness (QED) is 0.891. The van der Waals surface area contributed by atoms with Crippen LogP contribution in [-0.2, 0) is 11.3 Å². The largest absolute Gasteiger partial charge is 0.375 e. The van der Waals surface area contributed by atoms with Gasteiger partial charge in [-0.25, -0.2) is 0 Å². The lowest BCUT2D eigenvalue weighted by molar-refractivity contribution is 0.0575. The van der Waals surface area contributed by atoms with Crippen molar-refractivity contribution in [3.8, 4) is 0 Å². The van der Waals surface area contributed by atoms with E-state index in [0.29, 0.717) is 13.2 Å². The maximum absolute atomic E-state index is 6.30. The first kappa shape index (κ1) is 12.9. The van der Waals surface area contributed by atoms with E-state index in [4.69, 9.17) is 22.1 Å². The van der Waals surface area contributed by atoms with Gasteiger partial charge >= 0.3 is 0 Å². The number of nitrogens with two attached hydrogens (primary N) is 1. The van der Waals surface area contributed by atoms with E-state index in [-0.39, 0.29) is 5.54 Å². The highest BCUT2D eigenvalue weighted by Crippen LogP contribution is 2.26. The molecule has 2 rings (SSSR count). The number of benzene rings is 1. The van der Waals surface area contributed by atoms with Crippen molar-refractivity contribution in [3.05, 3.63) is 34.9 Å². The molecule has 1 aromatic rings. The van der Waals surface area contributed by atoms with Crippen molar-refractivity contribution >= 4 is 11.6 Å². The van der Waals surface area contributed by atoms with E-state index < -0.39 is 0 Å². The molecule has 0 heterocycles. The molecule has 2 nitrogen and oxygen atoms in total. The zero-order valence-corrected chi connectivity index (χ0v) is 10.9. The molecular weight excluding hydrogens is 234 g/mol. The van der Waals surface area contributed by atoms with Crippen LogP contribution >= 0.6 is 11.6 Å². The number of ether oxygens (including phenoxy) is 1. The highest BCUT2D eigenvalue weighted by molar-refractivity contribution is 6.30. The molecule has 0 saturated heterocycles. The number of rotatable bonds is 4. The molecule has 0 spiro atoms. The molecule has 0 unspecified atom stereocenters. The summed E-state index contributed by atoms with van der Waals surface area (Å²) in [6.45, 7) is 1.28. The average molecular weight is 254 g/mol. The van der Waals surface area contributed by atoms with E-state index in [2.05, 4.69) is 0 Å². The predicted octanol–water partition coefficient (Wildman–Crippen LogP) is 3.52. The molecule has 0 atom stereocenters. The SMILES string of the molecule is NC1(COCc2ccc(Cl)cc2)CCCCC1. The molecule has 3 heteroatoms. The topological polar surface area (TPSA) is 35.2 Å². The number of hydrogen-bond acceptors (Lipinski definition) is 2. The Hall–Kier alpha value is -0.570. The van der Waals surface area contributed by atoms with E-state index in [0.717, 1.165) is 23.4 Å². The van der Waals surface area contributed by atoms with Crippen molar-refractivity contribution < 1.29 is 4.74 Å². The Morgan fingerprint density at radius 3 is 2.41 bits per heavy atom. The minimum Gasteiger partial charge on any atom is -0.375 e. The van der Waals surface area contributed by atoms with Gasteiger partial charge in [-0.15, -0.1) is 0 Å². The molecule has 1 fully saturated rings. The number of hydrogen-bond donors (Lipinski definition) is 1. The van der Waals surface area contributed by atoms with Crippen LogP contribution in [-0.4, -0.2) is 12.1 Å². The maximum Gasteiger partial charge on any atom is 0.0717 e. The van der Waals surface area contributed by atoms with Gasteiger partial charge in [0.15, 0.2) is 0 Å². The van der Waals surface area contributed by atoms with E-state index >= 15 is 0 Å². The first-order valence-corrected chi connectivity index (χ1v) is 6.67. The highest BCUT2D eigenvalue weighted by atomic mass is 35.5. The lowest BCUT2D eigenvalue weighted by Gasteiger charge is -2.33. The Bertz CT molecular complexity index is 344. The van der Waals surface area contributed by atoms with E-state index in [9.17, 15) is 0 Å². The molecule has 94 valence electrons. The molecule has 0 amide bonds. The second kappa shape index (κ2) is 5.85. The summed E-state index contributed by atoms with van der Waals surface area (Å²) in [6.07, 6.45) is 5.97. The Balaban J connectivity index is 1.77. The zero-order chi connectivity index (χ0) is 12.1. The fourth-order valence-corrected chi connectivity index (χ4v) is 2.48. The summed E-state index contributed by atoms with van der Waals surface area (Å²) in [4.78, 5) is 0. The van der Waals surface area contributed by atoms with Crippen LogP contribution in [0.2, 0.25) is 5.02 Å². The second-order valence-electron chi connectivity index (χ2n) is 5.04. The van der Waals surface area contributed by atoms with Gasteiger partial charge in [-0.1, -0.05) is 43.0 Å². The summed E-state index contributed by atoms with van der Waals surface area (Å²) < 4.78 is 5.73. The molecule has 0 radical (unpaired) electrons. The second-order valence-corrected chi connectivity index (χ2v) is 5.48. The van der Waals surface area contributed by atoms with Crippen LogP contribution in [0.1, 0.15) is 37.7 Å². The molecule has 1 aliphatic rings. The Kier molecular flexibility index (Phi) is 4.43. The van der Waals surface area contributed by atoms with Gasteiger partial charge in [-0.2, -0.15) is 0 Å². The number of halogens is 1. The van der Waals surface area contributed by atoms with E-state index in [1.54, 1.807) is 0 Å². The maximum atomic E-state index is 6.30. The lowest BCUT2D eigenvalue weighted by atomic mass is 9.83. The molecule has 1 aromatic carbocycles. The van der Waals surface area contributed by atoms with Crippen LogP contribution in [0.5, 0.6) is 0 Å². The fourth-order valence-electron chi connectivity index (χ4n) is 2.35. The Morgan fingerprint density at radius 1 is 1.12 bits per heavy atom. The predicted molar refractivity (Wildman–Crippen MR) is 71.1 cm³/mol. The van der Waals surface area contributed by atoms with Gasteiger partial charge in [-0.3, -0.25) is 0 Å². The third-order valence-corrected chi connectivity index (χ3v) is 3.67. The molecule has 1 saturated carbocycles. The minimum absolute atomic E-state index is 0.0926. The average Bonchev–Trinajstić information content (AvgIpc) is 2.32. The first-order valence-electron chi connectivity index (χ1n) is 6.29. The van der Waals surface area contributed by atoms with Crippen LogP contribution in [0.25, 0.3) is 0 Å². The van der Waals surface area contributed by atoms with E-state index in [1.165, 1.54) is 19.3 Å². The Labute approximate surface area is 108 Å². The summed E-state index contributed by atoms with van der Waals surface area (Å²) >= 11 is 5.83. The lowest BCUT2D eigenvalue weighted by Crippen LogP contribution is -2.46. The fraction of sp³-hybridized carbons (Fsp3) is 0.571. The summed E-state index contributed by atoms with van der Waals surface area (Å²) in [5.74, 6) is 0. The van der Waals surface area contributed by atoms with Crippen LogP contribution in [0.4, 0.5) is 0 Å². The Morgan fingerprint density at radius 2 is 1.76 bits per heavy atom. The van der Waals surface area contributed by atoms with Crippen LogP contribution in [0, 0.1) is 0 Å². The summed E-state index contributed by atoms with van der Waals surface area (Å²) in [5.41, 5.74) is 7.36. The summed E-state index contributed by atoms with van der Waals surface area (Å²) in [7, 11) is 0. The summed E-state index contributed by atoms with van der Waals surface area (Å²) in [6, 6.07) is 7.76. The van der Waals surface area contributed by atoms with Gasteiger partial charge in [0.2, 0.25) is 0 Å². The van der Waals surface area contributed by atoms with Crippen molar-refractivity contribution in [2.24, 2.45) is 5.73 Å². The third-order valence-electron chi connectivity index (χ3n) is 3.42. The van der Waals surface area contributed by atoms with Crippen molar-refractivity contribution in [3.63, 3.8) is 0 Å². The minimum atomic E-state index is -0.0926. The van der Waals surface area contributed by atoms with Gasteiger partial charge in [0.1, 0.15) is 0 Å². The molecule has 0 aromatic heterocycles. The van der Waals surface area contributed by atoms with Crippen LogP contribution in [0.15, 0.2) is 24.3 Å². The van der Waals surface area contributed by atoms with Gasteiger partial charge in [0.05, 0.1) is 13.2 Å². The standard InChI is InChI=1S/C14H20ClNO/c15-13-6-4-12(5-7-13)10-17-11-14(16)8-2-1-3-9-14/h4-7H,1-3,8-11,16H2. The summed E-state index contributed by atoms with van der Waals surface area (Å²) in [5, 5.41) is 0.760. The van der Waals surface area contributed by atoms with Crippen LogP contribution in [0.3, 0.4) is 0 Å². The van der Waals surface area contributed by atoms with Crippen molar-refractivity contribution in [1.82, 2.24) is 0 Å².